The number of hydrogen-bond donors (Lipinski definition) is 2. The summed E-state index contributed by atoms with van der Waals surface area (Å²) in [5.74, 6) is 0.834. The standard InChI is InChI=1S/C36H37F3N8O/c1-22-7-8-26(33-45-43-21-46(33)2)27(13-22)24-16-31(42-20-35(9-10-35)11-12-40)44-32(17-24)47-19-29-28(34(47)48)14-23(15-30(29)36(37,38)39)18-41-25-5-3-4-6-25/h7-8,13-17,21,25,41H,3-6,9-11,18-20H2,1-2H3,(H,42,44). The molecule has 0 saturated heterocycles. The van der Waals surface area contributed by atoms with Crippen molar-refractivity contribution >= 4 is 17.5 Å². The molecule has 2 aromatic carbocycles. The van der Waals surface area contributed by atoms with Crippen molar-refractivity contribution in [2.75, 3.05) is 16.8 Å². The van der Waals surface area contributed by atoms with Crippen molar-refractivity contribution < 1.29 is 18.0 Å². The van der Waals surface area contributed by atoms with Crippen LogP contribution >= 0.6 is 0 Å². The first-order valence-corrected chi connectivity index (χ1v) is 16.4. The summed E-state index contributed by atoms with van der Waals surface area (Å²) in [6.07, 6.45) is 3.46. The molecular weight excluding hydrogens is 617 g/mol. The lowest BCUT2D eigenvalue weighted by atomic mass is 9.97. The van der Waals surface area contributed by atoms with Crippen molar-refractivity contribution in [1.82, 2.24) is 25.1 Å². The fraction of sp³-hybridized carbons (Fsp3) is 0.417. The minimum absolute atomic E-state index is 0.0416. The number of carbonyl (C=O) groups excluding carboxylic acids is 1. The average Bonchev–Trinajstić information content (AvgIpc) is 3.36. The number of aryl methyl sites for hydroxylation is 2. The van der Waals surface area contributed by atoms with Gasteiger partial charge in [0.25, 0.3) is 5.91 Å². The Bertz CT molecular complexity index is 1920. The van der Waals surface area contributed by atoms with E-state index in [9.17, 15) is 23.2 Å². The molecule has 0 spiro atoms. The molecule has 2 aromatic heterocycles. The van der Waals surface area contributed by atoms with E-state index in [0.29, 0.717) is 30.2 Å². The molecule has 48 heavy (non-hydrogen) atoms. The highest BCUT2D eigenvalue weighted by atomic mass is 19.4. The molecule has 3 heterocycles. The summed E-state index contributed by atoms with van der Waals surface area (Å²) in [5.41, 5.74) is 2.86. The van der Waals surface area contributed by atoms with Gasteiger partial charge >= 0.3 is 6.18 Å². The topological polar surface area (TPSA) is 112 Å². The van der Waals surface area contributed by atoms with Gasteiger partial charge in [-0.3, -0.25) is 9.69 Å². The van der Waals surface area contributed by atoms with Crippen molar-refractivity contribution in [2.24, 2.45) is 12.5 Å². The zero-order valence-electron chi connectivity index (χ0n) is 27.0. The van der Waals surface area contributed by atoms with E-state index >= 15 is 0 Å². The Morgan fingerprint density at radius 1 is 1.06 bits per heavy atom. The molecule has 7 rings (SSSR count). The highest BCUT2D eigenvalue weighted by Crippen LogP contribution is 2.48. The van der Waals surface area contributed by atoms with Crippen molar-refractivity contribution in [3.8, 4) is 28.6 Å². The van der Waals surface area contributed by atoms with Crippen LogP contribution in [0.3, 0.4) is 0 Å². The maximum Gasteiger partial charge on any atom is 0.416 e. The third-order valence-electron chi connectivity index (χ3n) is 9.94. The number of carbonyl (C=O) groups is 1. The second kappa shape index (κ2) is 12.4. The van der Waals surface area contributed by atoms with Gasteiger partial charge < -0.3 is 15.2 Å². The molecule has 0 atom stereocenters. The van der Waals surface area contributed by atoms with Crippen LogP contribution in [0.4, 0.5) is 24.8 Å². The molecule has 2 fully saturated rings. The third-order valence-corrected chi connectivity index (χ3v) is 9.94. The second-order valence-corrected chi connectivity index (χ2v) is 13.5. The average molecular weight is 655 g/mol. The molecule has 2 aliphatic carbocycles. The highest BCUT2D eigenvalue weighted by molar-refractivity contribution is 6.10. The summed E-state index contributed by atoms with van der Waals surface area (Å²) in [6.45, 7) is 2.50. The van der Waals surface area contributed by atoms with Gasteiger partial charge in [-0.2, -0.15) is 18.4 Å². The van der Waals surface area contributed by atoms with Gasteiger partial charge in [-0.15, -0.1) is 10.2 Å². The number of anilines is 2. The largest absolute Gasteiger partial charge is 0.416 e. The highest BCUT2D eigenvalue weighted by Gasteiger charge is 2.43. The summed E-state index contributed by atoms with van der Waals surface area (Å²) in [4.78, 5) is 20.2. The van der Waals surface area contributed by atoms with Crippen LogP contribution in [-0.4, -0.2) is 38.2 Å². The quantitative estimate of drug-likeness (QED) is 0.187. The van der Waals surface area contributed by atoms with Crippen LogP contribution in [0.15, 0.2) is 48.8 Å². The number of benzene rings is 2. The van der Waals surface area contributed by atoms with Crippen molar-refractivity contribution in [1.29, 1.82) is 5.26 Å². The van der Waals surface area contributed by atoms with Gasteiger partial charge in [-0.05, 0) is 79.1 Å². The summed E-state index contributed by atoms with van der Waals surface area (Å²) in [6, 6.07) is 14.9. The number of pyridine rings is 1. The zero-order chi connectivity index (χ0) is 33.6. The van der Waals surface area contributed by atoms with E-state index in [1.54, 1.807) is 18.5 Å². The van der Waals surface area contributed by atoms with Gasteiger partial charge in [-0.25, -0.2) is 4.98 Å². The molecule has 0 bridgehead atoms. The minimum Gasteiger partial charge on any atom is -0.369 e. The second-order valence-electron chi connectivity index (χ2n) is 13.5. The number of rotatable bonds is 10. The lowest BCUT2D eigenvalue weighted by Crippen LogP contribution is -2.26. The minimum atomic E-state index is -4.63. The Labute approximate surface area is 277 Å². The van der Waals surface area contributed by atoms with Crippen LogP contribution in [0.1, 0.15) is 77.6 Å². The van der Waals surface area contributed by atoms with Gasteiger partial charge in [0.2, 0.25) is 0 Å². The fourth-order valence-corrected chi connectivity index (χ4v) is 6.96. The fourth-order valence-electron chi connectivity index (χ4n) is 6.96. The summed E-state index contributed by atoms with van der Waals surface area (Å²) >= 11 is 0. The van der Waals surface area contributed by atoms with Crippen molar-refractivity contribution in [2.45, 2.75) is 77.2 Å². The number of alkyl halides is 3. The van der Waals surface area contributed by atoms with Crippen LogP contribution in [0, 0.1) is 23.7 Å². The molecule has 3 aliphatic rings. The Kier molecular flexibility index (Phi) is 8.19. The first kappa shape index (κ1) is 31.8. The number of halogens is 3. The van der Waals surface area contributed by atoms with E-state index in [1.165, 1.54) is 11.0 Å². The molecule has 1 aliphatic heterocycles. The predicted octanol–water partition coefficient (Wildman–Crippen LogP) is 7.17. The Balaban J connectivity index is 1.29. The van der Waals surface area contributed by atoms with Gasteiger partial charge in [-0.1, -0.05) is 36.6 Å². The molecule has 12 heteroatoms. The maximum absolute atomic E-state index is 14.5. The number of nitrogens with zero attached hydrogens (tertiary/aromatic N) is 6. The lowest BCUT2D eigenvalue weighted by Gasteiger charge is -2.20. The summed E-state index contributed by atoms with van der Waals surface area (Å²) in [7, 11) is 1.85. The van der Waals surface area contributed by atoms with Crippen molar-refractivity contribution in [3.05, 3.63) is 76.6 Å². The van der Waals surface area contributed by atoms with E-state index in [2.05, 4.69) is 26.9 Å². The number of aromatic nitrogens is 4. The SMILES string of the molecule is Cc1ccc(-c2nncn2C)c(-c2cc(NCC3(CC#N)CC3)nc(N3Cc4c(cc(CNC5CCCC5)cc4C(F)(F)F)C3=O)c2)c1. The van der Waals surface area contributed by atoms with Crippen LogP contribution < -0.4 is 15.5 Å². The number of hydrogen-bond acceptors (Lipinski definition) is 7. The van der Waals surface area contributed by atoms with Gasteiger partial charge in [0.1, 0.15) is 18.0 Å². The first-order chi connectivity index (χ1) is 23.0. The van der Waals surface area contributed by atoms with Crippen LogP contribution in [0.5, 0.6) is 0 Å². The monoisotopic (exact) mass is 654 g/mol. The first-order valence-electron chi connectivity index (χ1n) is 16.4. The van der Waals surface area contributed by atoms with Crippen LogP contribution in [-0.2, 0) is 26.3 Å². The zero-order valence-corrected chi connectivity index (χ0v) is 27.0. The molecule has 2 saturated carbocycles. The number of nitriles is 1. The Morgan fingerprint density at radius 2 is 1.85 bits per heavy atom. The number of fused-ring (bicyclic) bond motifs is 1. The molecule has 0 unspecified atom stereocenters. The van der Waals surface area contributed by atoms with Gasteiger partial charge in [0.15, 0.2) is 5.82 Å². The Morgan fingerprint density at radius 3 is 2.54 bits per heavy atom. The summed E-state index contributed by atoms with van der Waals surface area (Å²) < 4.78 is 45.3. The molecule has 9 nitrogen and oxygen atoms in total. The molecule has 248 valence electrons. The molecule has 2 N–H and O–H groups in total. The van der Waals surface area contributed by atoms with E-state index in [4.69, 9.17) is 4.98 Å². The van der Waals surface area contributed by atoms with Crippen LogP contribution in [0.2, 0.25) is 0 Å². The number of amides is 1. The smallest absolute Gasteiger partial charge is 0.369 e. The molecule has 1 amide bonds. The van der Waals surface area contributed by atoms with Crippen LogP contribution in [0.25, 0.3) is 22.5 Å². The van der Waals surface area contributed by atoms with Crippen molar-refractivity contribution in [3.63, 3.8) is 0 Å². The molecule has 4 aromatic rings. The maximum atomic E-state index is 14.5. The van der Waals surface area contributed by atoms with E-state index in [0.717, 1.165) is 60.8 Å². The Hall–Kier alpha value is -4.76. The summed E-state index contributed by atoms with van der Waals surface area (Å²) in [5, 5.41) is 24.5. The van der Waals surface area contributed by atoms with E-state index in [1.807, 2.05) is 42.8 Å². The van der Waals surface area contributed by atoms with Gasteiger partial charge in [0.05, 0.1) is 18.2 Å². The van der Waals surface area contributed by atoms with E-state index < -0.39 is 17.6 Å². The molecule has 0 radical (unpaired) electrons. The van der Waals surface area contributed by atoms with Gasteiger partial charge in [0, 0.05) is 49.1 Å². The predicted molar refractivity (Wildman–Crippen MR) is 176 cm³/mol. The normalized spacial score (nSPS) is 17.1. The number of nitrogens with one attached hydrogen (secondary N) is 2. The molecular formula is C36H37F3N8O. The lowest BCUT2D eigenvalue weighted by molar-refractivity contribution is -0.138. The third kappa shape index (κ3) is 6.27. The van der Waals surface area contributed by atoms with E-state index in [-0.39, 0.29) is 41.5 Å².